The van der Waals surface area contributed by atoms with Crippen LogP contribution in [0.5, 0.6) is 0 Å². The van der Waals surface area contributed by atoms with Crippen LogP contribution in [0.2, 0.25) is 0 Å². The number of aromatic nitrogens is 3. The third-order valence-electron chi connectivity index (χ3n) is 7.36. The van der Waals surface area contributed by atoms with Gasteiger partial charge in [0.15, 0.2) is 5.69 Å². The second kappa shape index (κ2) is 10.7. The highest BCUT2D eigenvalue weighted by atomic mass is 19.4. The number of carbonyl (C=O) groups is 1. The summed E-state index contributed by atoms with van der Waals surface area (Å²) >= 11 is 0. The van der Waals surface area contributed by atoms with Gasteiger partial charge in [-0.1, -0.05) is 20.8 Å². The average Bonchev–Trinajstić information content (AvgIpc) is 3.15. The van der Waals surface area contributed by atoms with Crippen molar-refractivity contribution in [2.24, 2.45) is 11.3 Å². The second-order valence-electron chi connectivity index (χ2n) is 10.8. The molecular weight excluding hydrogens is 495 g/mol. The van der Waals surface area contributed by atoms with E-state index in [1.165, 1.54) is 4.68 Å². The fraction of sp³-hybridized carbons (Fsp3) is 0.654. The van der Waals surface area contributed by atoms with Crippen LogP contribution in [0, 0.1) is 18.3 Å². The van der Waals surface area contributed by atoms with Crippen LogP contribution in [0.25, 0.3) is 11.3 Å². The summed E-state index contributed by atoms with van der Waals surface area (Å²) in [5.41, 5.74) is -3.08. The molecule has 2 heterocycles. The summed E-state index contributed by atoms with van der Waals surface area (Å²) in [5, 5.41) is 17.8. The minimum atomic E-state index is -4.53. The minimum Gasteiger partial charge on any atom is -0.388 e. The van der Waals surface area contributed by atoms with Gasteiger partial charge in [0, 0.05) is 48.1 Å². The molecule has 0 saturated heterocycles. The van der Waals surface area contributed by atoms with Crippen molar-refractivity contribution in [3.05, 3.63) is 34.8 Å². The first kappa shape index (κ1) is 29.0. The van der Waals surface area contributed by atoms with Crippen LogP contribution in [0.4, 0.5) is 22.0 Å². The van der Waals surface area contributed by atoms with Gasteiger partial charge in [0.1, 0.15) is 0 Å². The van der Waals surface area contributed by atoms with Crippen LogP contribution in [0.1, 0.15) is 87.1 Å². The highest BCUT2D eigenvalue weighted by molar-refractivity contribution is 5.95. The monoisotopic (exact) mass is 530 g/mol. The number of alkyl halides is 5. The first-order valence-electron chi connectivity index (χ1n) is 12.5. The molecule has 206 valence electrons. The standard InChI is InChI=1S/C26H35F5N4O2/c1-6-35-21(16(3)20(34-35)23(36)33-14-25(37)9-7-15(2)8-10-25)19-13-32-17(11-18(19)22(27)28)12-24(4,5)26(29,30)31/h11,13,15,22,37H,6-10,12,14H2,1-5H3,(H,33,36). The fourth-order valence-corrected chi connectivity index (χ4v) is 4.69. The Morgan fingerprint density at radius 1 is 1.27 bits per heavy atom. The number of amides is 1. The van der Waals surface area contributed by atoms with Gasteiger partial charge in [-0.3, -0.25) is 14.5 Å². The molecule has 2 aromatic rings. The zero-order chi connectivity index (χ0) is 27.8. The molecule has 1 aliphatic carbocycles. The number of nitrogens with one attached hydrogen (secondary N) is 1. The Balaban J connectivity index is 1.92. The molecule has 1 fully saturated rings. The molecule has 0 aliphatic heterocycles. The van der Waals surface area contributed by atoms with E-state index in [-0.39, 0.29) is 35.7 Å². The molecular formula is C26H35F5N4O2. The Bertz CT molecular complexity index is 1120. The molecule has 0 unspecified atom stereocenters. The van der Waals surface area contributed by atoms with E-state index in [4.69, 9.17) is 0 Å². The number of hydrogen-bond acceptors (Lipinski definition) is 4. The summed E-state index contributed by atoms with van der Waals surface area (Å²) < 4.78 is 69.6. The molecule has 0 spiro atoms. The van der Waals surface area contributed by atoms with E-state index in [2.05, 4.69) is 22.3 Å². The number of rotatable bonds is 8. The van der Waals surface area contributed by atoms with Crippen molar-refractivity contribution in [3.63, 3.8) is 0 Å². The molecule has 3 rings (SSSR count). The van der Waals surface area contributed by atoms with E-state index < -0.39 is 41.5 Å². The van der Waals surface area contributed by atoms with E-state index in [1.54, 1.807) is 13.8 Å². The summed E-state index contributed by atoms with van der Waals surface area (Å²) in [6, 6.07) is 0.999. The number of carbonyl (C=O) groups excluding carboxylic acids is 1. The predicted molar refractivity (Wildman–Crippen MR) is 129 cm³/mol. The number of aliphatic hydroxyl groups is 1. The zero-order valence-corrected chi connectivity index (χ0v) is 21.8. The first-order valence-corrected chi connectivity index (χ1v) is 12.5. The molecule has 2 aromatic heterocycles. The summed E-state index contributed by atoms with van der Waals surface area (Å²) in [4.78, 5) is 17.1. The van der Waals surface area contributed by atoms with Gasteiger partial charge in [0.25, 0.3) is 12.3 Å². The van der Waals surface area contributed by atoms with Crippen molar-refractivity contribution in [1.82, 2.24) is 20.1 Å². The lowest BCUT2D eigenvalue weighted by atomic mass is 9.79. The van der Waals surface area contributed by atoms with Crippen molar-refractivity contribution in [1.29, 1.82) is 0 Å². The van der Waals surface area contributed by atoms with Gasteiger partial charge in [-0.15, -0.1) is 0 Å². The van der Waals surface area contributed by atoms with Gasteiger partial charge in [-0.05, 0) is 51.5 Å². The molecule has 0 atom stereocenters. The number of pyridine rings is 1. The Labute approximate surface area is 213 Å². The van der Waals surface area contributed by atoms with Crippen molar-refractivity contribution >= 4 is 5.91 Å². The summed E-state index contributed by atoms with van der Waals surface area (Å²) in [6.07, 6.45) is -4.07. The quantitative estimate of drug-likeness (QED) is 0.410. The van der Waals surface area contributed by atoms with Gasteiger partial charge in [0.2, 0.25) is 0 Å². The Morgan fingerprint density at radius 3 is 2.43 bits per heavy atom. The van der Waals surface area contributed by atoms with Crippen LogP contribution >= 0.6 is 0 Å². The average molecular weight is 531 g/mol. The summed E-state index contributed by atoms with van der Waals surface area (Å²) in [7, 11) is 0. The van der Waals surface area contributed by atoms with E-state index >= 15 is 0 Å². The topological polar surface area (TPSA) is 80.0 Å². The van der Waals surface area contributed by atoms with Gasteiger partial charge in [-0.2, -0.15) is 18.3 Å². The molecule has 1 saturated carbocycles. The Kier molecular flexibility index (Phi) is 8.36. The lowest BCUT2D eigenvalue weighted by molar-refractivity contribution is -0.211. The van der Waals surface area contributed by atoms with E-state index in [9.17, 15) is 31.9 Å². The van der Waals surface area contributed by atoms with Crippen molar-refractivity contribution in [3.8, 4) is 11.3 Å². The maximum atomic E-state index is 14.1. The third-order valence-corrected chi connectivity index (χ3v) is 7.36. The summed E-state index contributed by atoms with van der Waals surface area (Å²) in [5.74, 6) is -0.0160. The zero-order valence-electron chi connectivity index (χ0n) is 21.8. The molecule has 0 aromatic carbocycles. The van der Waals surface area contributed by atoms with Crippen LogP contribution in [0.15, 0.2) is 12.3 Å². The molecule has 1 aliphatic rings. The first-order chi connectivity index (χ1) is 17.1. The highest BCUT2D eigenvalue weighted by Crippen LogP contribution is 2.41. The summed E-state index contributed by atoms with van der Waals surface area (Å²) in [6.45, 7) is 7.74. The normalized spacial score (nSPS) is 20.9. The van der Waals surface area contributed by atoms with E-state index in [0.29, 0.717) is 24.3 Å². The van der Waals surface area contributed by atoms with Gasteiger partial charge in [0.05, 0.1) is 16.7 Å². The van der Waals surface area contributed by atoms with Gasteiger partial charge < -0.3 is 10.4 Å². The fourth-order valence-electron chi connectivity index (χ4n) is 4.69. The van der Waals surface area contributed by atoms with Crippen LogP contribution in [-0.2, 0) is 13.0 Å². The third kappa shape index (κ3) is 6.30. The smallest absolute Gasteiger partial charge is 0.388 e. The van der Waals surface area contributed by atoms with Crippen LogP contribution < -0.4 is 5.32 Å². The largest absolute Gasteiger partial charge is 0.394 e. The Morgan fingerprint density at radius 2 is 1.89 bits per heavy atom. The molecule has 11 heteroatoms. The lowest BCUT2D eigenvalue weighted by Crippen LogP contribution is -2.45. The predicted octanol–water partition coefficient (Wildman–Crippen LogP) is 6.01. The van der Waals surface area contributed by atoms with E-state index in [1.807, 2.05) is 0 Å². The number of hydrogen-bond donors (Lipinski definition) is 2. The number of nitrogens with zero attached hydrogens (tertiary/aromatic N) is 3. The Hall–Kier alpha value is -2.56. The lowest BCUT2D eigenvalue weighted by Gasteiger charge is -2.34. The van der Waals surface area contributed by atoms with Gasteiger partial charge in [-0.25, -0.2) is 8.78 Å². The van der Waals surface area contributed by atoms with Crippen molar-refractivity contribution < 1.29 is 31.9 Å². The maximum absolute atomic E-state index is 14.1. The molecule has 2 N–H and O–H groups in total. The number of aryl methyl sites for hydroxylation is 1. The number of halogens is 5. The molecule has 6 nitrogen and oxygen atoms in total. The maximum Gasteiger partial charge on any atom is 0.394 e. The molecule has 0 bridgehead atoms. The van der Waals surface area contributed by atoms with E-state index in [0.717, 1.165) is 39.0 Å². The van der Waals surface area contributed by atoms with Crippen LogP contribution in [0.3, 0.4) is 0 Å². The minimum absolute atomic E-state index is 0.00867. The molecule has 1 amide bonds. The van der Waals surface area contributed by atoms with Crippen LogP contribution in [-0.4, -0.2) is 44.1 Å². The van der Waals surface area contributed by atoms with Crippen molar-refractivity contribution in [2.45, 2.75) is 91.5 Å². The second-order valence-corrected chi connectivity index (χ2v) is 10.8. The highest BCUT2D eigenvalue weighted by Gasteiger charge is 2.47. The molecule has 37 heavy (non-hydrogen) atoms. The van der Waals surface area contributed by atoms with Gasteiger partial charge >= 0.3 is 6.18 Å². The van der Waals surface area contributed by atoms with Crippen molar-refractivity contribution in [2.75, 3.05) is 6.54 Å². The SMILES string of the molecule is CCn1nc(C(=O)NCC2(O)CCC(C)CC2)c(C)c1-c1cnc(CC(C)(C)C(F)(F)F)cc1C(F)F. The molecule has 0 radical (unpaired) electrons.